The van der Waals surface area contributed by atoms with E-state index in [4.69, 9.17) is 9.15 Å². The average Bonchev–Trinajstić information content (AvgIpc) is 3.27. The van der Waals surface area contributed by atoms with Crippen LogP contribution in [-0.2, 0) is 4.74 Å². The van der Waals surface area contributed by atoms with Crippen LogP contribution in [0, 0.1) is 10.1 Å². The molecule has 0 radical (unpaired) electrons. The number of nitrogens with one attached hydrogen (secondary N) is 2. The highest BCUT2D eigenvalue weighted by atomic mass is 16.6. The fourth-order valence-electron chi connectivity index (χ4n) is 2.76. The van der Waals surface area contributed by atoms with Gasteiger partial charge in [0.25, 0.3) is 0 Å². The number of nitrogens with zero attached hydrogens (tertiary/aromatic N) is 5. The first-order chi connectivity index (χ1) is 14.0. The fraction of sp³-hybridized carbons (Fsp3) is 0.375. The van der Waals surface area contributed by atoms with Crippen LogP contribution in [0.25, 0.3) is 0 Å². The molecule has 0 spiro atoms. The van der Waals surface area contributed by atoms with E-state index in [1.54, 1.807) is 11.8 Å². The number of hydrazine groups is 1. The topological polar surface area (TPSA) is 156 Å². The number of aromatic nitrogens is 2. The molecule has 29 heavy (non-hydrogen) atoms. The molecule has 1 saturated heterocycles. The number of amides is 2. The second-order valence-corrected chi connectivity index (χ2v) is 5.88. The summed E-state index contributed by atoms with van der Waals surface area (Å²) in [6, 6.07) is 2.98. The Hall–Kier alpha value is -3.90. The lowest BCUT2D eigenvalue weighted by Gasteiger charge is -2.34. The molecule has 2 aromatic rings. The minimum atomic E-state index is -0.631. The zero-order valence-corrected chi connectivity index (χ0v) is 15.5. The van der Waals surface area contributed by atoms with Crippen molar-refractivity contribution in [2.45, 2.75) is 6.92 Å². The summed E-state index contributed by atoms with van der Waals surface area (Å²) in [5, 5.41) is 11.7. The van der Waals surface area contributed by atoms with Gasteiger partial charge in [-0.05, 0) is 19.1 Å². The predicted octanol–water partition coefficient (Wildman–Crippen LogP) is 1.01. The van der Waals surface area contributed by atoms with Crippen LogP contribution in [-0.4, -0.2) is 64.6 Å². The third kappa shape index (κ3) is 4.51. The lowest BCUT2D eigenvalue weighted by molar-refractivity contribution is -0.383. The van der Waals surface area contributed by atoms with Gasteiger partial charge in [0.05, 0.1) is 17.8 Å². The molecule has 0 unspecified atom stereocenters. The van der Waals surface area contributed by atoms with Crippen LogP contribution in [0.5, 0.6) is 0 Å². The van der Waals surface area contributed by atoms with Crippen molar-refractivity contribution in [2.24, 2.45) is 0 Å². The van der Waals surface area contributed by atoms with Crippen molar-refractivity contribution in [1.82, 2.24) is 20.3 Å². The molecule has 0 aliphatic carbocycles. The average molecular weight is 405 g/mol. The summed E-state index contributed by atoms with van der Waals surface area (Å²) in [7, 11) is 0. The third-order valence-electron chi connectivity index (χ3n) is 4.13. The molecule has 3 heterocycles. The van der Waals surface area contributed by atoms with Crippen molar-refractivity contribution in [3.63, 3.8) is 0 Å². The third-order valence-corrected chi connectivity index (χ3v) is 4.13. The molecule has 0 aromatic carbocycles. The Bertz CT molecular complexity index is 880. The minimum absolute atomic E-state index is 0.0320. The first kappa shape index (κ1) is 19.9. The molecule has 1 aliphatic rings. The van der Waals surface area contributed by atoms with Crippen molar-refractivity contribution >= 4 is 29.3 Å². The summed E-state index contributed by atoms with van der Waals surface area (Å²) in [5.74, 6) is -0.673. The van der Waals surface area contributed by atoms with Gasteiger partial charge in [0.2, 0.25) is 11.6 Å². The maximum Gasteiger partial charge on any atom is 0.409 e. The van der Waals surface area contributed by atoms with Crippen molar-refractivity contribution in [2.75, 3.05) is 43.1 Å². The van der Waals surface area contributed by atoms with Gasteiger partial charge in [0, 0.05) is 26.2 Å². The van der Waals surface area contributed by atoms with Crippen molar-refractivity contribution in [3.05, 3.63) is 40.6 Å². The van der Waals surface area contributed by atoms with E-state index in [1.807, 2.05) is 0 Å². The Morgan fingerprint density at radius 2 is 2.07 bits per heavy atom. The van der Waals surface area contributed by atoms with Crippen LogP contribution < -0.4 is 15.8 Å². The van der Waals surface area contributed by atoms with Crippen molar-refractivity contribution in [3.8, 4) is 0 Å². The second-order valence-electron chi connectivity index (χ2n) is 5.88. The number of hydrogen-bond acceptors (Lipinski definition) is 10. The molecule has 13 heteroatoms. The Morgan fingerprint density at radius 1 is 1.31 bits per heavy atom. The molecule has 1 fully saturated rings. The van der Waals surface area contributed by atoms with Crippen LogP contribution in [0.2, 0.25) is 0 Å². The van der Waals surface area contributed by atoms with Gasteiger partial charge in [-0.2, -0.15) is 0 Å². The van der Waals surface area contributed by atoms with E-state index in [2.05, 4.69) is 20.8 Å². The Balaban J connectivity index is 1.73. The van der Waals surface area contributed by atoms with Gasteiger partial charge in [-0.1, -0.05) is 0 Å². The van der Waals surface area contributed by atoms with Gasteiger partial charge in [-0.15, -0.1) is 0 Å². The van der Waals surface area contributed by atoms with Crippen LogP contribution in [0.4, 0.5) is 22.1 Å². The lowest BCUT2D eigenvalue weighted by Crippen LogP contribution is -2.49. The highest BCUT2D eigenvalue weighted by Crippen LogP contribution is 2.32. The molecule has 154 valence electrons. The first-order valence-electron chi connectivity index (χ1n) is 8.77. The number of carbonyl (C=O) groups is 2. The quantitative estimate of drug-likeness (QED) is 0.525. The molecule has 2 aromatic heterocycles. The molecule has 13 nitrogen and oxygen atoms in total. The second kappa shape index (κ2) is 8.86. The number of furan rings is 1. The lowest BCUT2D eigenvalue weighted by atomic mass is 10.3. The van der Waals surface area contributed by atoms with Gasteiger partial charge >= 0.3 is 17.7 Å². The molecule has 0 saturated carbocycles. The van der Waals surface area contributed by atoms with E-state index in [0.717, 1.165) is 6.33 Å². The maximum atomic E-state index is 12.0. The first-order valence-corrected chi connectivity index (χ1v) is 8.77. The van der Waals surface area contributed by atoms with Crippen molar-refractivity contribution in [1.29, 1.82) is 0 Å². The number of hydrogen-bond donors (Lipinski definition) is 2. The van der Waals surface area contributed by atoms with E-state index in [1.165, 1.54) is 23.3 Å². The molecule has 3 rings (SSSR count). The summed E-state index contributed by atoms with van der Waals surface area (Å²) in [5.41, 5.74) is 4.35. The van der Waals surface area contributed by atoms with Gasteiger partial charge < -0.3 is 19.0 Å². The minimum Gasteiger partial charge on any atom is -0.459 e. The number of carbonyl (C=O) groups excluding carboxylic acids is 2. The van der Waals surface area contributed by atoms with E-state index in [9.17, 15) is 19.7 Å². The smallest absolute Gasteiger partial charge is 0.409 e. The summed E-state index contributed by atoms with van der Waals surface area (Å²) in [6.07, 6.45) is 2.06. The van der Waals surface area contributed by atoms with Gasteiger partial charge in [-0.25, -0.2) is 14.8 Å². The van der Waals surface area contributed by atoms with E-state index >= 15 is 0 Å². The maximum absolute atomic E-state index is 12.0. The summed E-state index contributed by atoms with van der Waals surface area (Å²) in [4.78, 5) is 45.9. The molecule has 2 amide bonds. The van der Waals surface area contributed by atoms with Gasteiger partial charge in [0.1, 0.15) is 6.33 Å². The van der Waals surface area contributed by atoms with Crippen LogP contribution >= 0.6 is 0 Å². The summed E-state index contributed by atoms with van der Waals surface area (Å²) >= 11 is 0. The zero-order valence-electron chi connectivity index (χ0n) is 15.5. The van der Waals surface area contributed by atoms with E-state index in [0.29, 0.717) is 26.2 Å². The molecular formula is C16H19N7O6. The number of anilines is 2. The number of rotatable bonds is 6. The van der Waals surface area contributed by atoms with E-state index in [-0.39, 0.29) is 24.0 Å². The van der Waals surface area contributed by atoms with E-state index < -0.39 is 22.6 Å². The number of nitro groups is 1. The SMILES string of the molecule is CCOC(=O)N1CCN(c2ncnc(NNC(=O)c3ccco3)c2[N+](=O)[O-])CC1. The summed E-state index contributed by atoms with van der Waals surface area (Å²) in [6.45, 7) is 3.31. The molecule has 1 aliphatic heterocycles. The van der Waals surface area contributed by atoms with Crippen molar-refractivity contribution < 1.29 is 23.7 Å². The molecule has 0 atom stereocenters. The number of ether oxygens (including phenoxy) is 1. The van der Waals surface area contributed by atoms with Crippen LogP contribution in [0.15, 0.2) is 29.1 Å². The molecule has 2 N–H and O–H groups in total. The van der Waals surface area contributed by atoms with Gasteiger partial charge in [-0.3, -0.25) is 25.8 Å². The molecular weight excluding hydrogens is 386 g/mol. The van der Waals surface area contributed by atoms with Crippen LogP contribution in [0.3, 0.4) is 0 Å². The summed E-state index contributed by atoms with van der Waals surface area (Å²) < 4.78 is 9.92. The highest BCUT2D eigenvalue weighted by molar-refractivity contribution is 5.92. The monoisotopic (exact) mass is 405 g/mol. The Labute approximate surface area is 164 Å². The molecule has 0 bridgehead atoms. The normalized spacial score (nSPS) is 13.7. The Morgan fingerprint density at radius 3 is 2.69 bits per heavy atom. The fourth-order valence-corrected chi connectivity index (χ4v) is 2.76. The zero-order chi connectivity index (χ0) is 20.8. The van der Waals surface area contributed by atoms with Gasteiger partial charge in [0.15, 0.2) is 5.76 Å². The highest BCUT2D eigenvalue weighted by Gasteiger charge is 2.31. The standard InChI is InChI=1S/C16H19N7O6/c1-2-28-16(25)22-7-5-21(6-8-22)14-12(23(26)27)13(17-10-18-14)19-20-15(24)11-4-3-9-29-11/h3-4,9-10H,2,5-8H2,1H3,(H,20,24)(H,17,18,19). The predicted molar refractivity (Wildman–Crippen MR) is 99.3 cm³/mol. The largest absolute Gasteiger partial charge is 0.459 e. The van der Waals surface area contributed by atoms with Crippen LogP contribution in [0.1, 0.15) is 17.5 Å². The number of piperazine rings is 1. The Kier molecular flexibility index (Phi) is 6.06.